The highest BCUT2D eigenvalue weighted by Crippen LogP contribution is 2.33. The molecule has 1 N–H and O–H groups in total. The van der Waals surface area contributed by atoms with Crippen LogP contribution in [0.5, 0.6) is 5.75 Å². The first-order valence-corrected chi connectivity index (χ1v) is 6.92. The molecule has 3 aromatic rings. The quantitative estimate of drug-likeness (QED) is 0.799. The maximum Gasteiger partial charge on any atom is 0.307 e. The summed E-state index contributed by atoms with van der Waals surface area (Å²) in [6.07, 6.45) is 1.77. The fraction of sp³-hybridized carbons (Fsp3) is 0.111. The van der Waals surface area contributed by atoms with Gasteiger partial charge in [-0.3, -0.25) is 9.78 Å². The SMILES string of the molecule is COc1ccc(-c2ccc(CC(=O)O)cc2)c2cccnc12. The number of hydrogen-bond acceptors (Lipinski definition) is 3. The Morgan fingerprint density at radius 2 is 1.91 bits per heavy atom. The maximum atomic E-state index is 10.7. The first-order valence-electron chi connectivity index (χ1n) is 6.92. The lowest BCUT2D eigenvalue weighted by molar-refractivity contribution is -0.136. The number of fused-ring (bicyclic) bond motifs is 1. The minimum atomic E-state index is -0.827. The number of carboxylic acid groups (broad SMARTS) is 1. The molecule has 22 heavy (non-hydrogen) atoms. The zero-order valence-electron chi connectivity index (χ0n) is 12.1. The summed E-state index contributed by atoms with van der Waals surface area (Å²) in [5.74, 6) is -0.0892. The fourth-order valence-electron chi connectivity index (χ4n) is 2.54. The van der Waals surface area contributed by atoms with Crippen LogP contribution in [0.25, 0.3) is 22.0 Å². The molecule has 0 aliphatic rings. The van der Waals surface area contributed by atoms with Crippen molar-refractivity contribution in [3.8, 4) is 16.9 Å². The van der Waals surface area contributed by atoms with Gasteiger partial charge in [0.1, 0.15) is 11.3 Å². The minimum absolute atomic E-state index is 0.0329. The van der Waals surface area contributed by atoms with E-state index in [-0.39, 0.29) is 6.42 Å². The lowest BCUT2D eigenvalue weighted by atomic mass is 9.98. The van der Waals surface area contributed by atoms with Crippen LogP contribution in [0.2, 0.25) is 0 Å². The van der Waals surface area contributed by atoms with E-state index in [1.54, 1.807) is 13.3 Å². The topological polar surface area (TPSA) is 59.4 Å². The van der Waals surface area contributed by atoms with Crippen LogP contribution in [0.3, 0.4) is 0 Å². The monoisotopic (exact) mass is 293 g/mol. The molecule has 0 bridgehead atoms. The third kappa shape index (κ3) is 2.63. The highest BCUT2D eigenvalue weighted by atomic mass is 16.5. The number of benzene rings is 2. The summed E-state index contributed by atoms with van der Waals surface area (Å²) in [6.45, 7) is 0. The highest BCUT2D eigenvalue weighted by Gasteiger charge is 2.09. The number of nitrogens with zero attached hydrogens (tertiary/aromatic N) is 1. The lowest BCUT2D eigenvalue weighted by Gasteiger charge is -2.10. The first kappa shape index (κ1) is 14.1. The second-order valence-electron chi connectivity index (χ2n) is 4.98. The molecule has 0 radical (unpaired) electrons. The molecule has 0 amide bonds. The van der Waals surface area contributed by atoms with Crippen molar-refractivity contribution >= 4 is 16.9 Å². The van der Waals surface area contributed by atoms with Gasteiger partial charge in [-0.2, -0.15) is 0 Å². The normalized spacial score (nSPS) is 10.6. The van der Waals surface area contributed by atoms with Gasteiger partial charge in [0.15, 0.2) is 0 Å². The van der Waals surface area contributed by atoms with Crippen LogP contribution in [-0.4, -0.2) is 23.2 Å². The number of pyridine rings is 1. The van der Waals surface area contributed by atoms with Crippen molar-refractivity contribution in [2.75, 3.05) is 7.11 Å². The predicted molar refractivity (Wildman–Crippen MR) is 85.1 cm³/mol. The zero-order valence-corrected chi connectivity index (χ0v) is 12.1. The Hall–Kier alpha value is -2.88. The molecule has 0 unspecified atom stereocenters. The van der Waals surface area contributed by atoms with Crippen molar-refractivity contribution in [1.29, 1.82) is 0 Å². The number of aromatic nitrogens is 1. The van der Waals surface area contributed by atoms with Crippen LogP contribution in [0.4, 0.5) is 0 Å². The van der Waals surface area contributed by atoms with Gasteiger partial charge in [-0.25, -0.2) is 0 Å². The van der Waals surface area contributed by atoms with Gasteiger partial charge in [-0.05, 0) is 34.9 Å². The van der Waals surface area contributed by atoms with E-state index in [4.69, 9.17) is 9.84 Å². The molecule has 0 atom stereocenters. The molecule has 4 heteroatoms. The van der Waals surface area contributed by atoms with Crippen molar-refractivity contribution in [1.82, 2.24) is 4.98 Å². The summed E-state index contributed by atoms with van der Waals surface area (Å²) in [4.78, 5) is 15.1. The van der Waals surface area contributed by atoms with Crippen molar-refractivity contribution < 1.29 is 14.6 Å². The number of carboxylic acids is 1. The predicted octanol–water partition coefficient (Wildman–Crippen LogP) is 3.54. The molecular weight excluding hydrogens is 278 g/mol. The van der Waals surface area contributed by atoms with Crippen LogP contribution in [0, 0.1) is 0 Å². The summed E-state index contributed by atoms with van der Waals surface area (Å²) in [6, 6.07) is 15.4. The molecule has 2 aromatic carbocycles. The maximum absolute atomic E-state index is 10.7. The van der Waals surface area contributed by atoms with E-state index in [9.17, 15) is 4.79 Å². The lowest BCUT2D eigenvalue weighted by Crippen LogP contribution is -1.99. The Morgan fingerprint density at radius 1 is 1.14 bits per heavy atom. The van der Waals surface area contributed by atoms with Crippen LogP contribution in [0.1, 0.15) is 5.56 Å². The van der Waals surface area contributed by atoms with Crippen LogP contribution in [0.15, 0.2) is 54.7 Å². The van der Waals surface area contributed by atoms with Crippen molar-refractivity contribution in [3.63, 3.8) is 0 Å². The second-order valence-corrected chi connectivity index (χ2v) is 4.98. The van der Waals surface area contributed by atoms with E-state index in [2.05, 4.69) is 4.98 Å². The van der Waals surface area contributed by atoms with Gasteiger partial charge in [-0.1, -0.05) is 30.3 Å². The number of carbonyl (C=O) groups is 1. The molecule has 0 saturated heterocycles. The average molecular weight is 293 g/mol. The Balaban J connectivity index is 2.08. The summed E-state index contributed by atoms with van der Waals surface area (Å²) in [5.41, 5.74) is 3.67. The minimum Gasteiger partial charge on any atom is -0.494 e. The first-order chi connectivity index (χ1) is 10.7. The zero-order chi connectivity index (χ0) is 15.5. The van der Waals surface area contributed by atoms with Crippen molar-refractivity contribution in [3.05, 3.63) is 60.3 Å². The molecule has 110 valence electrons. The standard InChI is InChI=1S/C18H15NO3/c1-22-16-9-8-14(15-3-2-10-19-18(15)16)13-6-4-12(5-7-13)11-17(20)21/h2-10H,11H2,1H3,(H,20,21). The van der Waals surface area contributed by atoms with Gasteiger partial charge in [0, 0.05) is 11.6 Å². The number of ether oxygens (including phenoxy) is 1. The summed E-state index contributed by atoms with van der Waals surface area (Å²) >= 11 is 0. The molecule has 3 rings (SSSR count). The summed E-state index contributed by atoms with van der Waals surface area (Å²) in [7, 11) is 1.63. The van der Waals surface area contributed by atoms with Gasteiger partial charge < -0.3 is 9.84 Å². The number of rotatable bonds is 4. The Morgan fingerprint density at radius 3 is 2.59 bits per heavy atom. The van der Waals surface area contributed by atoms with Crippen LogP contribution >= 0.6 is 0 Å². The Kier molecular flexibility index (Phi) is 3.74. The third-order valence-electron chi connectivity index (χ3n) is 3.57. The fourth-order valence-corrected chi connectivity index (χ4v) is 2.54. The summed E-state index contributed by atoms with van der Waals surface area (Å²) in [5, 5.41) is 9.84. The molecule has 0 fully saturated rings. The third-order valence-corrected chi connectivity index (χ3v) is 3.57. The molecule has 1 heterocycles. The average Bonchev–Trinajstić information content (AvgIpc) is 2.54. The van der Waals surface area contributed by atoms with Gasteiger partial charge in [0.2, 0.25) is 0 Å². The van der Waals surface area contributed by atoms with Crippen molar-refractivity contribution in [2.45, 2.75) is 6.42 Å². The van der Waals surface area contributed by atoms with E-state index >= 15 is 0 Å². The molecule has 0 aliphatic heterocycles. The largest absolute Gasteiger partial charge is 0.494 e. The van der Waals surface area contributed by atoms with Crippen molar-refractivity contribution in [2.24, 2.45) is 0 Å². The van der Waals surface area contributed by atoms with E-state index in [0.717, 1.165) is 33.3 Å². The van der Waals surface area contributed by atoms with Gasteiger partial charge in [0.25, 0.3) is 0 Å². The van der Waals surface area contributed by atoms with E-state index in [1.165, 1.54) is 0 Å². The van der Waals surface area contributed by atoms with E-state index in [1.807, 2.05) is 48.5 Å². The number of methoxy groups -OCH3 is 1. The number of aliphatic carboxylic acids is 1. The molecule has 0 saturated carbocycles. The molecule has 0 aliphatic carbocycles. The Labute approximate surface area is 128 Å². The smallest absolute Gasteiger partial charge is 0.307 e. The molecule has 1 aromatic heterocycles. The van der Waals surface area contributed by atoms with E-state index in [0.29, 0.717) is 0 Å². The van der Waals surface area contributed by atoms with Crippen LogP contribution in [-0.2, 0) is 11.2 Å². The van der Waals surface area contributed by atoms with Gasteiger partial charge >= 0.3 is 5.97 Å². The number of hydrogen-bond donors (Lipinski definition) is 1. The van der Waals surface area contributed by atoms with Crippen LogP contribution < -0.4 is 4.74 Å². The molecule has 4 nitrogen and oxygen atoms in total. The Bertz CT molecular complexity index is 825. The molecule has 0 spiro atoms. The van der Waals surface area contributed by atoms with Gasteiger partial charge in [0.05, 0.1) is 13.5 Å². The highest BCUT2D eigenvalue weighted by molar-refractivity contribution is 5.97. The second kappa shape index (κ2) is 5.85. The van der Waals surface area contributed by atoms with E-state index < -0.39 is 5.97 Å². The summed E-state index contributed by atoms with van der Waals surface area (Å²) < 4.78 is 5.35. The van der Waals surface area contributed by atoms with Gasteiger partial charge in [-0.15, -0.1) is 0 Å². The molecular formula is C18H15NO3.